The SMILES string of the molecule is NS(=O)(=O)c1ccccc1NC(=O)C1CCCC1=O. The highest BCUT2D eigenvalue weighted by Gasteiger charge is 2.31. The number of hydrogen-bond acceptors (Lipinski definition) is 4. The molecular weight excluding hydrogens is 268 g/mol. The molecule has 19 heavy (non-hydrogen) atoms. The first-order chi connectivity index (χ1) is 8.89. The summed E-state index contributed by atoms with van der Waals surface area (Å²) in [4.78, 5) is 23.3. The van der Waals surface area contributed by atoms with E-state index in [0.717, 1.165) is 0 Å². The number of benzene rings is 1. The van der Waals surface area contributed by atoms with Crippen LogP contribution in [0.15, 0.2) is 29.2 Å². The number of carbonyl (C=O) groups excluding carboxylic acids is 2. The molecule has 6 nitrogen and oxygen atoms in total. The van der Waals surface area contributed by atoms with Gasteiger partial charge in [0.15, 0.2) is 0 Å². The highest BCUT2D eigenvalue weighted by molar-refractivity contribution is 7.89. The molecule has 1 atom stereocenters. The summed E-state index contributed by atoms with van der Waals surface area (Å²) >= 11 is 0. The predicted octanol–water partition coefficient (Wildman–Crippen LogP) is 0.642. The molecule has 1 unspecified atom stereocenters. The van der Waals surface area contributed by atoms with Gasteiger partial charge in [-0.1, -0.05) is 12.1 Å². The number of Topliss-reactive ketones (excluding diaryl/α,β-unsaturated/α-hetero) is 1. The van der Waals surface area contributed by atoms with Gasteiger partial charge >= 0.3 is 0 Å². The van der Waals surface area contributed by atoms with Crippen LogP contribution in [0.3, 0.4) is 0 Å². The van der Waals surface area contributed by atoms with Gasteiger partial charge in [-0.3, -0.25) is 9.59 Å². The average molecular weight is 282 g/mol. The van der Waals surface area contributed by atoms with E-state index in [9.17, 15) is 18.0 Å². The second-order valence-corrected chi connectivity index (χ2v) is 5.97. The van der Waals surface area contributed by atoms with Gasteiger partial charge in [0.1, 0.15) is 10.7 Å². The van der Waals surface area contributed by atoms with E-state index in [1.165, 1.54) is 18.2 Å². The van der Waals surface area contributed by atoms with Crippen molar-refractivity contribution in [2.45, 2.75) is 24.2 Å². The predicted molar refractivity (Wildman–Crippen MR) is 68.8 cm³/mol. The normalized spacial score (nSPS) is 19.4. The molecule has 1 saturated carbocycles. The number of sulfonamides is 1. The smallest absolute Gasteiger partial charge is 0.240 e. The topological polar surface area (TPSA) is 106 Å². The number of primary sulfonamides is 1. The summed E-state index contributed by atoms with van der Waals surface area (Å²) in [7, 11) is -3.92. The number of nitrogens with two attached hydrogens (primary N) is 1. The van der Waals surface area contributed by atoms with E-state index in [1.807, 2.05) is 0 Å². The van der Waals surface area contributed by atoms with Crippen LogP contribution in [0.4, 0.5) is 5.69 Å². The lowest BCUT2D eigenvalue weighted by atomic mass is 10.1. The number of amides is 1. The van der Waals surface area contributed by atoms with Crippen LogP contribution >= 0.6 is 0 Å². The van der Waals surface area contributed by atoms with Gasteiger partial charge < -0.3 is 5.32 Å². The minimum Gasteiger partial charge on any atom is -0.324 e. The van der Waals surface area contributed by atoms with Crippen LogP contribution < -0.4 is 10.5 Å². The Morgan fingerprint density at radius 1 is 1.32 bits per heavy atom. The van der Waals surface area contributed by atoms with Crippen LogP contribution in [0, 0.1) is 5.92 Å². The fourth-order valence-electron chi connectivity index (χ4n) is 2.13. The number of hydrogen-bond donors (Lipinski definition) is 2. The second-order valence-electron chi connectivity index (χ2n) is 4.44. The van der Waals surface area contributed by atoms with Crippen LogP contribution in [0.1, 0.15) is 19.3 Å². The zero-order chi connectivity index (χ0) is 14.0. The third kappa shape index (κ3) is 2.99. The molecule has 1 aliphatic carbocycles. The van der Waals surface area contributed by atoms with Crippen LogP contribution in [0.25, 0.3) is 0 Å². The highest BCUT2D eigenvalue weighted by atomic mass is 32.2. The second kappa shape index (κ2) is 5.10. The molecule has 1 aromatic rings. The summed E-state index contributed by atoms with van der Waals surface area (Å²) in [6, 6.07) is 5.84. The van der Waals surface area contributed by atoms with Crippen molar-refractivity contribution >= 4 is 27.4 Å². The van der Waals surface area contributed by atoms with Gasteiger partial charge in [0.05, 0.1) is 11.6 Å². The average Bonchev–Trinajstić information content (AvgIpc) is 2.75. The number of nitrogens with one attached hydrogen (secondary N) is 1. The van der Waals surface area contributed by atoms with Crippen LogP contribution in [0.5, 0.6) is 0 Å². The van der Waals surface area contributed by atoms with E-state index in [4.69, 9.17) is 5.14 Å². The molecule has 0 radical (unpaired) electrons. The van der Waals surface area contributed by atoms with E-state index in [1.54, 1.807) is 6.07 Å². The Bertz CT molecular complexity index is 624. The molecule has 1 fully saturated rings. The lowest BCUT2D eigenvalue weighted by Gasteiger charge is -2.12. The molecule has 1 aromatic carbocycles. The zero-order valence-electron chi connectivity index (χ0n) is 10.1. The standard InChI is InChI=1S/C12H14N2O4S/c13-19(17,18)11-7-2-1-5-9(11)14-12(16)8-4-3-6-10(8)15/h1-2,5,7-8H,3-4,6H2,(H,14,16)(H2,13,17,18). The van der Waals surface area contributed by atoms with Crippen molar-refractivity contribution < 1.29 is 18.0 Å². The number of ketones is 1. The van der Waals surface area contributed by atoms with E-state index in [-0.39, 0.29) is 16.4 Å². The minimum absolute atomic E-state index is 0.106. The van der Waals surface area contributed by atoms with E-state index in [2.05, 4.69) is 5.32 Å². The summed E-state index contributed by atoms with van der Waals surface area (Å²) in [5.41, 5.74) is 0.106. The Morgan fingerprint density at radius 2 is 2.00 bits per heavy atom. The maximum absolute atomic E-state index is 11.9. The summed E-state index contributed by atoms with van der Waals surface area (Å²) in [5, 5.41) is 7.54. The summed E-state index contributed by atoms with van der Waals surface area (Å²) < 4.78 is 22.8. The van der Waals surface area contributed by atoms with E-state index in [0.29, 0.717) is 19.3 Å². The Hall–Kier alpha value is -1.73. The lowest BCUT2D eigenvalue weighted by Crippen LogP contribution is -2.27. The first-order valence-electron chi connectivity index (χ1n) is 5.85. The van der Waals surface area contributed by atoms with Crippen molar-refractivity contribution in [3.05, 3.63) is 24.3 Å². The zero-order valence-corrected chi connectivity index (χ0v) is 10.9. The van der Waals surface area contributed by atoms with E-state index >= 15 is 0 Å². The van der Waals surface area contributed by atoms with Crippen molar-refractivity contribution in [2.75, 3.05) is 5.32 Å². The number of anilines is 1. The van der Waals surface area contributed by atoms with E-state index < -0.39 is 21.8 Å². The Labute approximate surface area is 111 Å². The third-order valence-corrected chi connectivity index (χ3v) is 4.04. The first-order valence-corrected chi connectivity index (χ1v) is 7.39. The molecule has 0 saturated heterocycles. The quantitative estimate of drug-likeness (QED) is 0.793. The molecule has 2 rings (SSSR count). The monoisotopic (exact) mass is 282 g/mol. The maximum Gasteiger partial charge on any atom is 0.240 e. The molecule has 1 aliphatic rings. The van der Waals surface area contributed by atoms with Crippen molar-refractivity contribution in [3.63, 3.8) is 0 Å². The fraction of sp³-hybridized carbons (Fsp3) is 0.333. The number of rotatable bonds is 3. The molecule has 7 heteroatoms. The van der Waals surface area contributed by atoms with Gasteiger partial charge in [0, 0.05) is 6.42 Å². The highest BCUT2D eigenvalue weighted by Crippen LogP contribution is 2.25. The fourth-order valence-corrected chi connectivity index (χ4v) is 2.82. The van der Waals surface area contributed by atoms with Gasteiger partial charge in [-0.25, -0.2) is 13.6 Å². The maximum atomic E-state index is 11.9. The van der Waals surface area contributed by atoms with Gasteiger partial charge in [-0.05, 0) is 25.0 Å². The first kappa shape index (κ1) is 13.7. The molecule has 0 aliphatic heterocycles. The van der Waals surface area contributed by atoms with Crippen molar-refractivity contribution in [2.24, 2.45) is 11.1 Å². The largest absolute Gasteiger partial charge is 0.324 e. The van der Waals surface area contributed by atoms with Gasteiger partial charge in [-0.2, -0.15) is 0 Å². The molecular formula is C12H14N2O4S. The molecule has 0 aromatic heterocycles. The number of para-hydroxylation sites is 1. The molecule has 0 spiro atoms. The van der Waals surface area contributed by atoms with Gasteiger partial charge in [-0.15, -0.1) is 0 Å². The molecule has 0 heterocycles. The minimum atomic E-state index is -3.92. The third-order valence-electron chi connectivity index (χ3n) is 3.07. The summed E-state index contributed by atoms with van der Waals surface area (Å²) in [6.45, 7) is 0. The molecule has 3 N–H and O–H groups in total. The van der Waals surface area contributed by atoms with Crippen LogP contribution in [-0.4, -0.2) is 20.1 Å². The Balaban J connectivity index is 2.25. The Kier molecular flexibility index (Phi) is 3.68. The lowest BCUT2D eigenvalue weighted by molar-refractivity contribution is -0.129. The molecule has 1 amide bonds. The van der Waals surface area contributed by atoms with Crippen LogP contribution in [-0.2, 0) is 19.6 Å². The molecule has 102 valence electrons. The van der Waals surface area contributed by atoms with Gasteiger partial charge in [0.25, 0.3) is 0 Å². The Morgan fingerprint density at radius 3 is 2.58 bits per heavy atom. The van der Waals surface area contributed by atoms with Crippen LogP contribution in [0.2, 0.25) is 0 Å². The molecule has 0 bridgehead atoms. The van der Waals surface area contributed by atoms with Crippen molar-refractivity contribution in [1.82, 2.24) is 0 Å². The van der Waals surface area contributed by atoms with Crippen molar-refractivity contribution in [3.8, 4) is 0 Å². The summed E-state index contributed by atoms with van der Waals surface area (Å²) in [5.74, 6) is -1.27. The summed E-state index contributed by atoms with van der Waals surface area (Å²) in [6.07, 6.45) is 1.59. The number of carbonyl (C=O) groups is 2. The van der Waals surface area contributed by atoms with Gasteiger partial charge in [0.2, 0.25) is 15.9 Å². The van der Waals surface area contributed by atoms with Crippen molar-refractivity contribution in [1.29, 1.82) is 0 Å².